The van der Waals surface area contributed by atoms with Crippen LogP contribution in [0.2, 0.25) is 5.15 Å². The summed E-state index contributed by atoms with van der Waals surface area (Å²) < 4.78 is 5.45. The Labute approximate surface area is 164 Å². The third-order valence-electron chi connectivity index (χ3n) is 4.05. The number of amides is 1. The van der Waals surface area contributed by atoms with Crippen molar-refractivity contribution < 1.29 is 9.53 Å². The summed E-state index contributed by atoms with van der Waals surface area (Å²) in [4.78, 5) is 24.2. The van der Waals surface area contributed by atoms with Crippen LogP contribution in [0.5, 0.6) is 0 Å². The Morgan fingerprint density at radius 1 is 1.15 bits per heavy atom. The lowest BCUT2D eigenvalue weighted by atomic mass is 10.2. The largest absolute Gasteiger partial charge is 0.444 e. The number of benzene rings is 1. The molecule has 0 radical (unpaired) electrons. The summed E-state index contributed by atoms with van der Waals surface area (Å²) in [6.45, 7) is 8.41. The molecule has 2 heterocycles. The van der Waals surface area contributed by atoms with Crippen LogP contribution in [0.3, 0.4) is 0 Å². The molecule has 1 aliphatic heterocycles. The number of hydrogen-bond donors (Lipinski definition) is 1. The van der Waals surface area contributed by atoms with Crippen LogP contribution in [0, 0.1) is 0 Å². The van der Waals surface area contributed by atoms with Crippen LogP contribution in [0.15, 0.2) is 36.7 Å². The SMILES string of the molecule is CC(C)(C)OC(=O)N1CCN(c2cccc(Nc3cc(Cl)ncn3)c2)CC1. The van der Waals surface area contributed by atoms with Crippen LogP contribution in [-0.4, -0.2) is 52.7 Å². The molecule has 1 aromatic heterocycles. The van der Waals surface area contributed by atoms with Gasteiger partial charge >= 0.3 is 6.09 Å². The minimum atomic E-state index is -0.474. The highest BCUT2D eigenvalue weighted by atomic mass is 35.5. The Balaban J connectivity index is 1.61. The molecule has 3 rings (SSSR count). The topological polar surface area (TPSA) is 70.6 Å². The van der Waals surface area contributed by atoms with Crippen LogP contribution < -0.4 is 10.2 Å². The number of aromatic nitrogens is 2. The van der Waals surface area contributed by atoms with Crippen LogP contribution in [0.1, 0.15) is 20.8 Å². The average molecular weight is 390 g/mol. The molecule has 7 nitrogen and oxygen atoms in total. The molecule has 0 spiro atoms. The molecule has 1 fully saturated rings. The number of anilines is 3. The van der Waals surface area contributed by atoms with Gasteiger partial charge in [-0.2, -0.15) is 0 Å². The minimum Gasteiger partial charge on any atom is -0.444 e. The number of hydrogen-bond acceptors (Lipinski definition) is 6. The van der Waals surface area contributed by atoms with E-state index in [1.165, 1.54) is 6.33 Å². The summed E-state index contributed by atoms with van der Waals surface area (Å²) in [6.07, 6.45) is 1.17. The molecule has 0 aliphatic carbocycles. The summed E-state index contributed by atoms with van der Waals surface area (Å²) in [5.41, 5.74) is 1.53. The third kappa shape index (κ3) is 5.47. The second kappa shape index (κ2) is 8.00. The van der Waals surface area contributed by atoms with E-state index >= 15 is 0 Å². The molecule has 144 valence electrons. The second-order valence-corrected chi connectivity index (χ2v) is 7.74. The minimum absolute atomic E-state index is 0.252. The monoisotopic (exact) mass is 389 g/mol. The van der Waals surface area contributed by atoms with Crippen molar-refractivity contribution in [2.75, 3.05) is 36.4 Å². The van der Waals surface area contributed by atoms with Gasteiger partial charge in [-0.15, -0.1) is 0 Å². The first-order chi connectivity index (χ1) is 12.8. The van der Waals surface area contributed by atoms with Gasteiger partial charge in [0, 0.05) is 43.6 Å². The molecule has 27 heavy (non-hydrogen) atoms. The molecule has 1 saturated heterocycles. The van der Waals surface area contributed by atoms with E-state index in [-0.39, 0.29) is 6.09 Å². The van der Waals surface area contributed by atoms with Gasteiger partial charge in [0.1, 0.15) is 22.9 Å². The summed E-state index contributed by atoms with van der Waals surface area (Å²) in [7, 11) is 0. The molecule has 0 saturated carbocycles. The number of nitrogens with zero attached hydrogens (tertiary/aromatic N) is 4. The Kier molecular flexibility index (Phi) is 5.70. The van der Waals surface area contributed by atoms with Crippen molar-refractivity contribution in [3.63, 3.8) is 0 Å². The standard InChI is InChI=1S/C19H24ClN5O2/c1-19(2,3)27-18(26)25-9-7-24(8-10-25)15-6-4-5-14(11-15)23-17-12-16(20)21-13-22-17/h4-6,11-13H,7-10H2,1-3H3,(H,21,22,23). The number of halogens is 1. The summed E-state index contributed by atoms with van der Waals surface area (Å²) in [5.74, 6) is 0.641. The molecule has 0 unspecified atom stereocenters. The lowest BCUT2D eigenvalue weighted by Gasteiger charge is -2.36. The smallest absolute Gasteiger partial charge is 0.410 e. The van der Waals surface area contributed by atoms with Gasteiger partial charge in [-0.25, -0.2) is 14.8 Å². The van der Waals surface area contributed by atoms with Crippen molar-refractivity contribution in [3.05, 3.63) is 41.8 Å². The highest BCUT2D eigenvalue weighted by Gasteiger charge is 2.26. The molecule has 8 heteroatoms. The molecule has 0 bridgehead atoms. The summed E-state index contributed by atoms with van der Waals surface area (Å²) in [6, 6.07) is 9.74. The van der Waals surface area contributed by atoms with E-state index in [1.807, 2.05) is 32.9 Å². The van der Waals surface area contributed by atoms with Gasteiger partial charge in [0.25, 0.3) is 0 Å². The highest BCUT2D eigenvalue weighted by Crippen LogP contribution is 2.24. The predicted octanol–water partition coefficient (Wildman–Crippen LogP) is 3.93. The van der Waals surface area contributed by atoms with E-state index < -0.39 is 5.60 Å². The van der Waals surface area contributed by atoms with Gasteiger partial charge in [0.2, 0.25) is 0 Å². The maximum Gasteiger partial charge on any atom is 0.410 e. The van der Waals surface area contributed by atoms with Crippen molar-refractivity contribution in [2.45, 2.75) is 26.4 Å². The van der Waals surface area contributed by atoms with Gasteiger partial charge in [-0.3, -0.25) is 0 Å². The predicted molar refractivity (Wildman–Crippen MR) is 107 cm³/mol. The Hall–Kier alpha value is -2.54. The first-order valence-electron chi connectivity index (χ1n) is 8.88. The third-order valence-corrected chi connectivity index (χ3v) is 4.26. The number of rotatable bonds is 3. The van der Waals surface area contributed by atoms with Gasteiger partial charge < -0.3 is 19.9 Å². The first kappa shape index (κ1) is 19.2. The summed E-state index contributed by atoms with van der Waals surface area (Å²) in [5, 5.41) is 3.62. The molecule has 1 amide bonds. The van der Waals surface area contributed by atoms with Gasteiger partial charge in [-0.1, -0.05) is 17.7 Å². The molecule has 1 aliphatic rings. The lowest BCUT2D eigenvalue weighted by Crippen LogP contribution is -2.50. The van der Waals surface area contributed by atoms with Crippen molar-refractivity contribution >= 4 is 34.9 Å². The molecule has 0 atom stereocenters. The highest BCUT2D eigenvalue weighted by molar-refractivity contribution is 6.29. The maximum atomic E-state index is 12.2. The first-order valence-corrected chi connectivity index (χ1v) is 9.25. The number of ether oxygens (including phenoxy) is 1. The fourth-order valence-electron chi connectivity index (χ4n) is 2.80. The molecular formula is C19H24ClN5O2. The Morgan fingerprint density at radius 2 is 1.89 bits per heavy atom. The zero-order valence-electron chi connectivity index (χ0n) is 15.8. The molecule has 1 N–H and O–H groups in total. The van der Waals surface area contributed by atoms with Crippen LogP contribution in [0.4, 0.5) is 22.0 Å². The van der Waals surface area contributed by atoms with E-state index in [2.05, 4.69) is 32.3 Å². The fraction of sp³-hybridized carbons (Fsp3) is 0.421. The van der Waals surface area contributed by atoms with E-state index in [1.54, 1.807) is 11.0 Å². The van der Waals surface area contributed by atoms with Crippen molar-refractivity contribution in [1.29, 1.82) is 0 Å². The normalized spacial score (nSPS) is 14.8. The van der Waals surface area contributed by atoms with E-state index in [0.29, 0.717) is 24.1 Å². The lowest BCUT2D eigenvalue weighted by molar-refractivity contribution is 0.0240. The van der Waals surface area contributed by atoms with Crippen LogP contribution in [-0.2, 0) is 4.74 Å². The van der Waals surface area contributed by atoms with Crippen LogP contribution in [0.25, 0.3) is 0 Å². The van der Waals surface area contributed by atoms with Crippen LogP contribution >= 0.6 is 11.6 Å². The summed E-state index contributed by atoms with van der Waals surface area (Å²) >= 11 is 5.90. The Morgan fingerprint density at radius 3 is 2.56 bits per heavy atom. The van der Waals surface area contributed by atoms with Gasteiger partial charge in [0.15, 0.2) is 0 Å². The quantitative estimate of drug-likeness (QED) is 0.802. The van der Waals surface area contributed by atoms with E-state index in [0.717, 1.165) is 24.5 Å². The van der Waals surface area contributed by atoms with Crippen molar-refractivity contribution in [3.8, 4) is 0 Å². The molecule has 1 aromatic carbocycles. The molecular weight excluding hydrogens is 366 g/mol. The number of carbonyl (C=O) groups is 1. The second-order valence-electron chi connectivity index (χ2n) is 7.36. The zero-order valence-corrected chi connectivity index (χ0v) is 16.5. The van der Waals surface area contributed by atoms with E-state index in [9.17, 15) is 4.79 Å². The van der Waals surface area contributed by atoms with Crippen molar-refractivity contribution in [1.82, 2.24) is 14.9 Å². The van der Waals surface area contributed by atoms with Gasteiger partial charge in [-0.05, 0) is 39.0 Å². The maximum absolute atomic E-state index is 12.2. The average Bonchev–Trinajstić information content (AvgIpc) is 2.61. The van der Waals surface area contributed by atoms with Gasteiger partial charge in [0.05, 0.1) is 0 Å². The number of piperazine rings is 1. The molecule has 2 aromatic rings. The van der Waals surface area contributed by atoms with Crippen molar-refractivity contribution in [2.24, 2.45) is 0 Å². The fourth-order valence-corrected chi connectivity index (χ4v) is 2.95. The Bertz CT molecular complexity index is 801. The van der Waals surface area contributed by atoms with E-state index in [4.69, 9.17) is 16.3 Å². The number of carbonyl (C=O) groups excluding carboxylic acids is 1. The number of nitrogens with one attached hydrogen (secondary N) is 1. The zero-order chi connectivity index (χ0) is 19.4.